The molecule has 1 aromatic rings. The van der Waals surface area contributed by atoms with Crippen LogP contribution in [0.4, 0.5) is 0 Å². The van der Waals surface area contributed by atoms with E-state index in [1.807, 2.05) is 0 Å². The Morgan fingerprint density at radius 1 is 1.46 bits per heavy atom. The van der Waals surface area contributed by atoms with Crippen molar-refractivity contribution in [3.63, 3.8) is 0 Å². The minimum Gasteiger partial charge on any atom is -0.750 e. The van der Waals surface area contributed by atoms with E-state index in [1.54, 1.807) is 30.3 Å². The SMILES string of the molecule is O=S([O-])OC(CO)c1ccccc1. The Hall–Kier alpha value is -0.750. The van der Waals surface area contributed by atoms with E-state index in [1.165, 1.54) is 0 Å². The topological polar surface area (TPSA) is 69.6 Å². The molecule has 2 atom stereocenters. The van der Waals surface area contributed by atoms with Crippen molar-refractivity contribution in [1.82, 2.24) is 0 Å². The molecule has 0 saturated carbocycles. The predicted molar refractivity (Wildman–Crippen MR) is 46.3 cm³/mol. The molecule has 0 radical (unpaired) electrons. The average Bonchev–Trinajstić information content (AvgIpc) is 2.15. The zero-order valence-electron chi connectivity index (χ0n) is 6.75. The van der Waals surface area contributed by atoms with Gasteiger partial charge in [0.2, 0.25) is 0 Å². The van der Waals surface area contributed by atoms with Crippen LogP contribution in [-0.2, 0) is 15.5 Å². The summed E-state index contributed by atoms with van der Waals surface area (Å²) in [5.41, 5.74) is 0.634. The van der Waals surface area contributed by atoms with Gasteiger partial charge in [-0.15, -0.1) is 0 Å². The molecular weight excluding hydrogens is 192 g/mol. The first-order valence-electron chi connectivity index (χ1n) is 3.66. The van der Waals surface area contributed by atoms with Crippen molar-refractivity contribution in [2.24, 2.45) is 0 Å². The van der Waals surface area contributed by atoms with Crippen molar-refractivity contribution in [1.29, 1.82) is 0 Å². The van der Waals surface area contributed by atoms with Crippen LogP contribution in [0.2, 0.25) is 0 Å². The monoisotopic (exact) mass is 201 g/mol. The fourth-order valence-electron chi connectivity index (χ4n) is 0.954. The number of hydrogen-bond donors (Lipinski definition) is 1. The molecule has 0 heterocycles. The first kappa shape index (κ1) is 10.3. The molecule has 0 aliphatic heterocycles. The molecule has 1 N–H and O–H groups in total. The highest BCUT2D eigenvalue weighted by Crippen LogP contribution is 2.16. The van der Waals surface area contributed by atoms with Gasteiger partial charge < -0.3 is 9.66 Å². The third kappa shape index (κ3) is 3.23. The zero-order valence-corrected chi connectivity index (χ0v) is 7.57. The number of aliphatic hydroxyl groups excluding tert-OH is 1. The maximum atomic E-state index is 10.2. The molecule has 4 nitrogen and oxygen atoms in total. The first-order valence-corrected chi connectivity index (χ1v) is 4.66. The van der Waals surface area contributed by atoms with Gasteiger partial charge in [0.15, 0.2) is 0 Å². The average molecular weight is 201 g/mol. The second-order valence-corrected chi connectivity index (χ2v) is 2.98. The lowest BCUT2D eigenvalue weighted by atomic mass is 10.1. The lowest BCUT2D eigenvalue weighted by Gasteiger charge is -2.16. The fourth-order valence-corrected chi connectivity index (χ4v) is 1.32. The third-order valence-electron chi connectivity index (χ3n) is 1.53. The molecule has 72 valence electrons. The molecule has 0 amide bonds. The van der Waals surface area contributed by atoms with Gasteiger partial charge in [-0.05, 0) is 5.56 Å². The van der Waals surface area contributed by atoms with Crippen molar-refractivity contribution in [2.75, 3.05) is 6.61 Å². The van der Waals surface area contributed by atoms with E-state index in [2.05, 4.69) is 4.18 Å². The standard InChI is InChI=1S/C8H10O4S/c9-6-8(12-13(10)11)7-4-2-1-3-5-7/h1-5,8-9H,6H2,(H,10,11)/p-1. The Morgan fingerprint density at radius 2 is 2.08 bits per heavy atom. The van der Waals surface area contributed by atoms with Crippen molar-refractivity contribution >= 4 is 11.4 Å². The Labute approximate surface area is 78.7 Å². The third-order valence-corrected chi connectivity index (χ3v) is 1.92. The summed E-state index contributed by atoms with van der Waals surface area (Å²) in [6.45, 7) is -0.363. The molecule has 2 unspecified atom stereocenters. The van der Waals surface area contributed by atoms with Gasteiger partial charge in [-0.25, -0.2) is 4.21 Å². The molecule has 0 aliphatic carbocycles. The Morgan fingerprint density at radius 3 is 2.54 bits per heavy atom. The predicted octanol–water partition coefficient (Wildman–Crippen LogP) is 0.531. The van der Waals surface area contributed by atoms with Crippen LogP contribution in [0.25, 0.3) is 0 Å². The van der Waals surface area contributed by atoms with Gasteiger partial charge >= 0.3 is 0 Å². The molecule has 0 aliphatic rings. The van der Waals surface area contributed by atoms with Crippen molar-refractivity contribution in [3.05, 3.63) is 35.9 Å². The summed E-state index contributed by atoms with van der Waals surface area (Å²) < 4.78 is 24.9. The molecule has 0 aromatic heterocycles. The van der Waals surface area contributed by atoms with Gasteiger partial charge in [0.1, 0.15) is 6.10 Å². The van der Waals surface area contributed by atoms with Crippen molar-refractivity contribution < 1.29 is 18.1 Å². The largest absolute Gasteiger partial charge is 0.750 e. The number of hydrogen-bond acceptors (Lipinski definition) is 4. The van der Waals surface area contributed by atoms with Gasteiger partial charge in [-0.3, -0.25) is 4.18 Å². The maximum absolute atomic E-state index is 10.2. The molecule has 5 heteroatoms. The van der Waals surface area contributed by atoms with Crippen LogP contribution >= 0.6 is 0 Å². The summed E-state index contributed by atoms with van der Waals surface area (Å²) in [6, 6.07) is 8.66. The Bertz CT molecular complexity index is 275. The van der Waals surface area contributed by atoms with Gasteiger partial charge in [-0.1, -0.05) is 30.3 Å². The highest BCUT2D eigenvalue weighted by atomic mass is 32.2. The number of rotatable bonds is 4. The molecule has 0 fully saturated rings. The van der Waals surface area contributed by atoms with E-state index < -0.39 is 17.5 Å². The minimum absolute atomic E-state index is 0.363. The molecule has 0 saturated heterocycles. The zero-order chi connectivity index (χ0) is 9.68. The normalized spacial score (nSPS) is 15.2. The Balaban J connectivity index is 2.73. The van der Waals surface area contributed by atoms with Gasteiger partial charge in [0.05, 0.1) is 18.0 Å². The first-order chi connectivity index (χ1) is 6.24. The van der Waals surface area contributed by atoms with Crippen LogP contribution < -0.4 is 0 Å². The summed E-state index contributed by atoms with van der Waals surface area (Å²) in [6.07, 6.45) is -0.806. The molecular formula is C8H9O4S-. The summed E-state index contributed by atoms with van der Waals surface area (Å²) in [4.78, 5) is 0. The van der Waals surface area contributed by atoms with Gasteiger partial charge in [0, 0.05) is 0 Å². The second kappa shape index (κ2) is 5.08. The van der Waals surface area contributed by atoms with Gasteiger partial charge in [0.25, 0.3) is 0 Å². The number of aliphatic hydroxyl groups is 1. The quantitative estimate of drug-likeness (QED) is 0.721. The summed E-state index contributed by atoms with van der Waals surface area (Å²) in [5.74, 6) is 0. The van der Waals surface area contributed by atoms with E-state index in [-0.39, 0.29) is 6.61 Å². The van der Waals surface area contributed by atoms with E-state index in [9.17, 15) is 8.76 Å². The molecule has 13 heavy (non-hydrogen) atoms. The molecule has 0 spiro atoms. The highest BCUT2D eigenvalue weighted by molar-refractivity contribution is 7.74. The van der Waals surface area contributed by atoms with Crippen LogP contribution in [0.3, 0.4) is 0 Å². The molecule has 1 aromatic carbocycles. The highest BCUT2D eigenvalue weighted by Gasteiger charge is 2.10. The lowest BCUT2D eigenvalue weighted by Crippen LogP contribution is -2.10. The van der Waals surface area contributed by atoms with E-state index in [0.717, 1.165) is 0 Å². The van der Waals surface area contributed by atoms with Crippen LogP contribution in [0, 0.1) is 0 Å². The van der Waals surface area contributed by atoms with Gasteiger partial charge in [-0.2, -0.15) is 0 Å². The van der Waals surface area contributed by atoms with E-state index >= 15 is 0 Å². The van der Waals surface area contributed by atoms with Crippen molar-refractivity contribution in [2.45, 2.75) is 6.10 Å². The van der Waals surface area contributed by atoms with Crippen molar-refractivity contribution in [3.8, 4) is 0 Å². The number of benzene rings is 1. The molecule has 0 bridgehead atoms. The second-order valence-electron chi connectivity index (χ2n) is 2.38. The summed E-state index contributed by atoms with van der Waals surface area (Å²) >= 11 is -2.61. The molecule has 1 rings (SSSR count). The maximum Gasteiger partial charge on any atom is 0.122 e. The van der Waals surface area contributed by atoms with E-state index in [4.69, 9.17) is 5.11 Å². The van der Waals surface area contributed by atoms with Crippen LogP contribution in [0.15, 0.2) is 30.3 Å². The Kier molecular flexibility index (Phi) is 4.04. The smallest absolute Gasteiger partial charge is 0.122 e. The van der Waals surface area contributed by atoms with Crippen LogP contribution in [0.1, 0.15) is 11.7 Å². The summed E-state index contributed by atoms with van der Waals surface area (Å²) in [5, 5.41) is 8.83. The lowest BCUT2D eigenvalue weighted by molar-refractivity contribution is 0.118. The fraction of sp³-hybridized carbons (Fsp3) is 0.250. The summed E-state index contributed by atoms with van der Waals surface area (Å²) in [7, 11) is 0. The van der Waals surface area contributed by atoms with Crippen LogP contribution in [-0.4, -0.2) is 20.5 Å². The van der Waals surface area contributed by atoms with Crippen LogP contribution in [0.5, 0.6) is 0 Å². The van der Waals surface area contributed by atoms with E-state index in [0.29, 0.717) is 5.56 Å². The minimum atomic E-state index is -2.61.